The van der Waals surface area contributed by atoms with Gasteiger partial charge in [-0.15, -0.1) is 0 Å². The van der Waals surface area contributed by atoms with Crippen LogP contribution in [-0.4, -0.2) is 18.7 Å². The monoisotopic (exact) mass is 426 g/mol. The molecule has 0 fully saturated rings. The van der Waals surface area contributed by atoms with E-state index in [1.807, 2.05) is 12.1 Å². The minimum Gasteiger partial charge on any atom is -0.483 e. The van der Waals surface area contributed by atoms with E-state index in [0.29, 0.717) is 11.7 Å². The zero-order chi connectivity index (χ0) is 18.4. The van der Waals surface area contributed by atoms with Crippen molar-refractivity contribution in [3.8, 4) is 5.75 Å². The van der Waals surface area contributed by atoms with Gasteiger partial charge in [0.25, 0.3) is 5.91 Å². The lowest BCUT2D eigenvalue weighted by molar-refractivity contribution is -0.123. The molecule has 0 heterocycles. The number of hydrogen-bond acceptors (Lipinski definition) is 3. The van der Waals surface area contributed by atoms with Crippen molar-refractivity contribution in [2.24, 2.45) is 5.10 Å². The van der Waals surface area contributed by atoms with Crippen LogP contribution in [0.2, 0.25) is 5.02 Å². The second-order valence-electron chi connectivity index (χ2n) is 5.56. The first-order valence-corrected chi connectivity index (χ1v) is 8.73. The number of amides is 1. The Bertz CT molecular complexity index is 776. The van der Waals surface area contributed by atoms with E-state index in [0.717, 1.165) is 16.3 Å². The Morgan fingerprint density at radius 2 is 2.16 bits per heavy atom. The van der Waals surface area contributed by atoms with Gasteiger partial charge in [-0.05, 0) is 51.7 Å². The Kier molecular flexibility index (Phi) is 6.96. The van der Waals surface area contributed by atoms with Crippen LogP contribution in [0, 0.1) is 5.82 Å². The van der Waals surface area contributed by atoms with Gasteiger partial charge in [-0.25, -0.2) is 9.82 Å². The minimum absolute atomic E-state index is 0.109. The molecule has 0 unspecified atom stereocenters. The van der Waals surface area contributed by atoms with Gasteiger partial charge in [0.1, 0.15) is 11.6 Å². The van der Waals surface area contributed by atoms with E-state index in [4.69, 9.17) is 16.3 Å². The fourth-order valence-corrected chi connectivity index (χ4v) is 2.69. The maximum Gasteiger partial charge on any atom is 0.277 e. The number of hydrogen-bond donors (Lipinski definition) is 1. The Hall–Kier alpha value is -1.92. The Balaban J connectivity index is 1.90. The van der Waals surface area contributed by atoms with Gasteiger partial charge in [-0.1, -0.05) is 37.6 Å². The fraction of sp³-hybridized carbons (Fsp3) is 0.222. The highest BCUT2D eigenvalue weighted by Gasteiger charge is 2.08. The second-order valence-corrected chi connectivity index (χ2v) is 6.82. The lowest BCUT2D eigenvalue weighted by Gasteiger charge is -2.10. The van der Waals surface area contributed by atoms with Gasteiger partial charge in [0, 0.05) is 5.56 Å². The van der Waals surface area contributed by atoms with Crippen LogP contribution >= 0.6 is 27.5 Å². The van der Waals surface area contributed by atoms with Crippen LogP contribution in [0.3, 0.4) is 0 Å². The van der Waals surface area contributed by atoms with Gasteiger partial charge in [0.2, 0.25) is 0 Å². The van der Waals surface area contributed by atoms with Crippen LogP contribution in [0.15, 0.2) is 46.0 Å². The summed E-state index contributed by atoms with van der Waals surface area (Å²) in [5.41, 5.74) is 3.54. The Labute approximate surface area is 159 Å². The lowest BCUT2D eigenvalue weighted by atomic mass is 10.0. The molecule has 2 aromatic rings. The summed E-state index contributed by atoms with van der Waals surface area (Å²) in [7, 11) is 0. The van der Waals surface area contributed by atoms with Crippen molar-refractivity contribution in [3.63, 3.8) is 0 Å². The third kappa shape index (κ3) is 5.54. The highest BCUT2D eigenvalue weighted by molar-refractivity contribution is 9.10. The molecule has 2 aromatic carbocycles. The zero-order valence-electron chi connectivity index (χ0n) is 13.7. The highest BCUT2D eigenvalue weighted by Crippen LogP contribution is 2.28. The molecule has 0 aliphatic rings. The molecular weight excluding hydrogens is 411 g/mol. The largest absolute Gasteiger partial charge is 0.483 e. The van der Waals surface area contributed by atoms with Crippen LogP contribution in [0.4, 0.5) is 4.39 Å². The number of carbonyl (C=O) groups is 1. The van der Waals surface area contributed by atoms with Gasteiger partial charge in [-0.2, -0.15) is 5.10 Å². The summed E-state index contributed by atoms with van der Waals surface area (Å²) in [6.45, 7) is 3.97. The first-order valence-electron chi connectivity index (χ1n) is 7.56. The van der Waals surface area contributed by atoms with Gasteiger partial charge < -0.3 is 4.74 Å². The quantitative estimate of drug-likeness (QED) is 0.527. The van der Waals surface area contributed by atoms with E-state index in [1.54, 1.807) is 6.07 Å². The molecule has 0 atom stereocenters. The number of halogens is 3. The minimum atomic E-state index is -0.518. The molecule has 7 heteroatoms. The molecule has 0 saturated heterocycles. The standard InChI is InChI=1S/C18H17BrClFN2O2/c1-11(2)12-6-7-17(14(19)8-12)25-10-18(24)23-22-9-13-15(20)4-3-5-16(13)21/h3-9,11H,10H2,1-2H3,(H,23,24). The Morgan fingerprint density at radius 3 is 2.80 bits per heavy atom. The number of nitrogens with one attached hydrogen (secondary N) is 1. The summed E-state index contributed by atoms with van der Waals surface area (Å²) in [4.78, 5) is 11.8. The topological polar surface area (TPSA) is 50.7 Å². The number of benzene rings is 2. The lowest BCUT2D eigenvalue weighted by Crippen LogP contribution is -2.24. The van der Waals surface area contributed by atoms with Gasteiger partial charge in [-0.3, -0.25) is 4.79 Å². The summed E-state index contributed by atoms with van der Waals surface area (Å²) >= 11 is 9.29. The smallest absolute Gasteiger partial charge is 0.277 e. The normalized spacial score (nSPS) is 11.1. The van der Waals surface area contributed by atoms with Crippen LogP contribution in [-0.2, 0) is 4.79 Å². The summed E-state index contributed by atoms with van der Waals surface area (Å²) in [6, 6.07) is 9.99. The SMILES string of the molecule is CC(C)c1ccc(OCC(=O)NN=Cc2c(F)cccc2Cl)c(Br)c1. The van der Waals surface area contributed by atoms with Crippen LogP contribution in [0.1, 0.15) is 30.9 Å². The van der Waals surface area contributed by atoms with Crippen LogP contribution in [0.25, 0.3) is 0 Å². The molecule has 25 heavy (non-hydrogen) atoms. The molecule has 0 radical (unpaired) electrons. The van der Waals surface area contributed by atoms with Crippen molar-refractivity contribution < 1.29 is 13.9 Å². The van der Waals surface area contributed by atoms with Crippen molar-refractivity contribution >= 4 is 39.7 Å². The molecule has 0 bridgehead atoms. The van der Waals surface area contributed by atoms with E-state index in [1.165, 1.54) is 18.2 Å². The highest BCUT2D eigenvalue weighted by atomic mass is 79.9. The van der Waals surface area contributed by atoms with Gasteiger partial charge >= 0.3 is 0 Å². The maximum atomic E-state index is 13.6. The van der Waals surface area contributed by atoms with E-state index >= 15 is 0 Å². The first kappa shape index (κ1) is 19.4. The van der Waals surface area contributed by atoms with Crippen LogP contribution < -0.4 is 10.2 Å². The summed E-state index contributed by atoms with van der Waals surface area (Å²) in [5.74, 6) is -0.0339. The van der Waals surface area contributed by atoms with Gasteiger partial charge in [0.15, 0.2) is 6.61 Å². The number of hydrazone groups is 1. The molecule has 0 saturated carbocycles. The summed E-state index contributed by atoms with van der Waals surface area (Å²) < 4.78 is 19.8. The van der Waals surface area contributed by atoms with Crippen molar-refractivity contribution in [2.45, 2.75) is 19.8 Å². The predicted octanol–water partition coefficient (Wildman–Crippen LogP) is 4.89. The summed E-state index contributed by atoms with van der Waals surface area (Å²) in [5, 5.41) is 3.91. The van der Waals surface area contributed by atoms with Gasteiger partial charge in [0.05, 0.1) is 15.7 Å². The first-order chi connectivity index (χ1) is 11.9. The molecule has 2 rings (SSSR count). The van der Waals surface area contributed by atoms with Crippen molar-refractivity contribution in [1.29, 1.82) is 0 Å². The number of rotatable bonds is 6. The third-order valence-electron chi connectivity index (χ3n) is 3.36. The van der Waals surface area contributed by atoms with E-state index < -0.39 is 11.7 Å². The average molecular weight is 428 g/mol. The molecule has 0 aromatic heterocycles. The molecule has 1 amide bonds. The third-order valence-corrected chi connectivity index (χ3v) is 4.31. The molecule has 4 nitrogen and oxygen atoms in total. The fourth-order valence-electron chi connectivity index (χ4n) is 1.97. The number of ether oxygens (including phenoxy) is 1. The van der Waals surface area contributed by atoms with Crippen molar-refractivity contribution in [2.75, 3.05) is 6.61 Å². The van der Waals surface area contributed by atoms with E-state index in [9.17, 15) is 9.18 Å². The van der Waals surface area contributed by atoms with Crippen molar-refractivity contribution in [1.82, 2.24) is 5.43 Å². The molecular formula is C18H17BrClFN2O2. The van der Waals surface area contributed by atoms with Crippen molar-refractivity contribution in [3.05, 3.63) is 62.8 Å². The van der Waals surface area contributed by atoms with E-state index in [-0.39, 0.29) is 17.2 Å². The average Bonchev–Trinajstić information content (AvgIpc) is 2.56. The van der Waals surface area contributed by atoms with E-state index in [2.05, 4.69) is 40.3 Å². The molecule has 0 aliphatic carbocycles. The maximum absolute atomic E-state index is 13.6. The number of carbonyl (C=O) groups excluding carboxylic acids is 1. The second kappa shape index (κ2) is 8.97. The molecule has 0 spiro atoms. The molecule has 132 valence electrons. The Morgan fingerprint density at radius 1 is 1.40 bits per heavy atom. The molecule has 0 aliphatic heterocycles. The zero-order valence-corrected chi connectivity index (χ0v) is 16.1. The molecule has 1 N–H and O–H groups in total. The summed E-state index contributed by atoms with van der Waals surface area (Å²) in [6.07, 6.45) is 1.16. The van der Waals surface area contributed by atoms with Crippen LogP contribution in [0.5, 0.6) is 5.75 Å². The number of nitrogens with zero attached hydrogens (tertiary/aromatic N) is 1. The predicted molar refractivity (Wildman–Crippen MR) is 101 cm³/mol.